The summed E-state index contributed by atoms with van der Waals surface area (Å²) in [4.78, 5) is 24.6. The van der Waals surface area contributed by atoms with Gasteiger partial charge in [-0.3, -0.25) is 0 Å². The van der Waals surface area contributed by atoms with E-state index in [1.165, 1.54) is 6.26 Å². The summed E-state index contributed by atoms with van der Waals surface area (Å²) in [5.74, 6) is 0. The first-order valence-electron chi connectivity index (χ1n) is 11.9. The zero-order chi connectivity index (χ0) is 27.6. The number of allylic oxidation sites excluding steroid dienone is 4. The van der Waals surface area contributed by atoms with Crippen LogP contribution < -0.4 is 11.1 Å². The lowest BCUT2D eigenvalue weighted by Gasteiger charge is -2.20. The summed E-state index contributed by atoms with van der Waals surface area (Å²) in [6.45, 7) is 8.16. The molecular formula is C28H34ClN3O4S. The van der Waals surface area contributed by atoms with Gasteiger partial charge in [0.25, 0.3) is 0 Å². The van der Waals surface area contributed by atoms with Gasteiger partial charge >= 0.3 is 6.03 Å². The first-order chi connectivity index (χ1) is 17.5. The topological polar surface area (TPSA) is 110 Å². The van der Waals surface area contributed by atoms with Crippen LogP contribution in [0.25, 0.3) is 5.57 Å². The van der Waals surface area contributed by atoms with Crippen molar-refractivity contribution in [3.63, 3.8) is 0 Å². The second-order valence-corrected chi connectivity index (χ2v) is 11.0. The molecule has 0 saturated carbocycles. The summed E-state index contributed by atoms with van der Waals surface area (Å²) in [6.07, 6.45) is 9.19. The Balaban J connectivity index is 0.000000263. The number of rotatable bonds is 7. The maximum absolute atomic E-state index is 12.0. The second-order valence-electron chi connectivity index (χ2n) is 8.64. The number of anilines is 2. The summed E-state index contributed by atoms with van der Waals surface area (Å²) in [7, 11) is -3.35. The van der Waals surface area contributed by atoms with Crippen molar-refractivity contribution in [3.05, 3.63) is 88.3 Å². The van der Waals surface area contributed by atoms with Gasteiger partial charge in [-0.1, -0.05) is 67.1 Å². The molecule has 1 heterocycles. The molecule has 2 aromatic rings. The number of amides is 2. The van der Waals surface area contributed by atoms with Gasteiger partial charge in [0, 0.05) is 18.5 Å². The fraction of sp³-hybridized carbons (Fsp3) is 0.286. The molecule has 0 bridgehead atoms. The van der Waals surface area contributed by atoms with Crippen LogP contribution in [0, 0.1) is 6.92 Å². The van der Waals surface area contributed by atoms with E-state index in [9.17, 15) is 18.0 Å². The third-order valence-corrected chi connectivity index (χ3v) is 7.18. The molecule has 3 N–H and O–H groups in total. The van der Waals surface area contributed by atoms with E-state index >= 15 is 0 Å². The number of aldehydes is 1. The fourth-order valence-corrected chi connectivity index (χ4v) is 5.03. The van der Waals surface area contributed by atoms with Crippen LogP contribution in [0.3, 0.4) is 0 Å². The molecule has 7 nitrogen and oxygen atoms in total. The van der Waals surface area contributed by atoms with Gasteiger partial charge in [-0.2, -0.15) is 0 Å². The minimum absolute atomic E-state index is 0.191. The first-order valence-corrected chi connectivity index (χ1v) is 14.2. The van der Waals surface area contributed by atoms with E-state index in [2.05, 4.69) is 11.9 Å². The summed E-state index contributed by atoms with van der Waals surface area (Å²) < 4.78 is 23.9. The predicted octanol–water partition coefficient (Wildman–Crippen LogP) is 6.02. The van der Waals surface area contributed by atoms with Crippen molar-refractivity contribution in [2.45, 2.75) is 39.2 Å². The van der Waals surface area contributed by atoms with Crippen LogP contribution in [-0.4, -0.2) is 44.5 Å². The van der Waals surface area contributed by atoms with Crippen molar-refractivity contribution in [2.75, 3.05) is 23.9 Å². The maximum Gasteiger partial charge on any atom is 0.322 e. The third kappa shape index (κ3) is 8.61. The van der Waals surface area contributed by atoms with Crippen molar-refractivity contribution in [2.24, 2.45) is 0 Å². The molecule has 2 amide bonds. The number of benzene rings is 2. The van der Waals surface area contributed by atoms with Crippen LogP contribution in [0.2, 0.25) is 5.02 Å². The van der Waals surface area contributed by atoms with E-state index in [4.69, 9.17) is 17.3 Å². The van der Waals surface area contributed by atoms with Gasteiger partial charge in [0.2, 0.25) is 0 Å². The molecule has 1 atom stereocenters. The number of hydrogen-bond donors (Lipinski definition) is 2. The van der Waals surface area contributed by atoms with Gasteiger partial charge < -0.3 is 20.7 Å². The highest BCUT2D eigenvalue weighted by Gasteiger charge is 2.28. The molecule has 1 unspecified atom stereocenters. The smallest absolute Gasteiger partial charge is 0.322 e. The number of likely N-dealkylation sites (tertiary alicyclic amines) is 1. The molecule has 0 radical (unpaired) electrons. The van der Waals surface area contributed by atoms with Gasteiger partial charge in [0.1, 0.15) is 6.29 Å². The highest BCUT2D eigenvalue weighted by atomic mass is 35.5. The molecule has 1 fully saturated rings. The fourth-order valence-electron chi connectivity index (χ4n) is 3.80. The lowest BCUT2D eigenvalue weighted by molar-refractivity contribution is -0.110. The Morgan fingerprint density at radius 2 is 1.92 bits per heavy atom. The second kappa shape index (κ2) is 13.8. The van der Waals surface area contributed by atoms with Crippen molar-refractivity contribution >= 4 is 50.7 Å². The molecular weight excluding hydrogens is 510 g/mol. The molecule has 1 saturated heterocycles. The summed E-state index contributed by atoms with van der Waals surface area (Å²) in [6, 6.07) is 12.2. The number of nitrogen functional groups attached to an aromatic ring is 1. The SMILES string of the molecule is C=C/C=C(\C(=C/CC)S(C)(=O)=O)c1ccc(N)c(Cl)c1.Cc1ccc(NC(=O)N2CCCC2C=O)cc1. The van der Waals surface area contributed by atoms with E-state index in [1.807, 2.05) is 38.1 Å². The molecule has 0 spiro atoms. The zero-order valence-corrected chi connectivity index (χ0v) is 23.0. The average molecular weight is 544 g/mol. The van der Waals surface area contributed by atoms with Crippen molar-refractivity contribution in [1.29, 1.82) is 0 Å². The minimum atomic E-state index is -3.35. The lowest BCUT2D eigenvalue weighted by Crippen LogP contribution is -2.39. The van der Waals surface area contributed by atoms with Crippen LogP contribution in [-0.2, 0) is 14.6 Å². The predicted molar refractivity (Wildman–Crippen MR) is 153 cm³/mol. The highest BCUT2D eigenvalue weighted by molar-refractivity contribution is 7.95. The van der Waals surface area contributed by atoms with E-state index in [1.54, 1.807) is 41.3 Å². The van der Waals surface area contributed by atoms with Crippen LogP contribution >= 0.6 is 11.6 Å². The van der Waals surface area contributed by atoms with Crippen molar-refractivity contribution in [3.8, 4) is 0 Å². The van der Waals surface area contributed by atoms with Gasteiger partial charge in [0.05, 0.1) is 21.7 Å². The van der Waals surface area contributed by atoms with Gasteiger partial charge in [-0.25, -0.2) is 13.2 Å². The Morgan fingerprint density at radius 1 is 1.24 bits per heavy atom. The summed E-state index contributed by atoms with van der Waals surface area (Å²) in [5.41, 5.74) is 9.29. The normalized spacial score (nSPS) is 16.0. The molecule has 1 aliphatic heterocycles. The van der Waals surface area contributed by atoms with Crippen LogP contribution in [0.15, 0.2) is 72.2 Å². The molecule has 9 heteroatoms. The number of urea groups is 1. The summed E-state index contributed by atoms with van der Waals surface area (Å²) in [5, 5.41) is 3.19. The molecule has 2 aromatic carbocycles. The van der Waals surface area contributed by atoms with E-state index in [-0.39, 0.29) is 17.0 Å². The van der Waals surface area contributed by atoms with Crippen molar-refractivity contribution in [1.82, 2.24) is 4.90 Å². The molecule has 1 aliphatic rings. The van der Waals surface area contributed by atoms with E-state index < -0.39 is 9.84 Å². The van der Waals surface area contributed by atoms with Gasteiger partial charge in [-0.15, -0.1) is 0 Å². The lowest BCUT2D eigenvalue weighted by atomic mass is 10.0. The van der Waals surface area contributed by atoms with Gasteiger partial charge in [0.15, 0.2) is 9.84 Å². The minimum Gasteiger partial charge on any atom is -0.398 e. The number of sulfone groups is 1. The number of carbonyl (C=O) groups is 2. The number of nitrogens with zero attached hydrogens (tertiary/aromatic N) is 1. The number of nitrogens with one attached hydrogen (secondary N) is 1. The zero-order valence-electron chi connectivity index (χ0n) is 21.4. The standard InChI is InChI=1S/C15H18ClNO2S.C13H16N2O2/c1-4-6-12(15(7-5-2)20(3,18)19)11-8-9-14(17)13(16)10-11;1-10-4-6-11(7-5-10)14-13(17)15-8-2-3-12(15)9-16/h4,6-10H,1,5,17H2,2-3H3;4-7,9,12H,2-3,8H2,1H3,(H,14,17)/b12-6-,15-7+;. The largest absolute Gasteiger partial charge is 0.398 e. The van der Waals surface area contributed by atoms with Crippen LogP contribution in [0.1, 0.15) is 37.3 Å². The number of aryl methyl sites for hydroxylation is 1. The Kier molecular flexibility index (Phi) is 11.1. The quantitative estimate of drug-likeness (QED) is 0.252. The highest BCUT2D eigenvalue weighted by Crippen LogP contribution is 2.31. The Morgan fingerprint density at radius 3 is 2.46 bits per heavy atom. The van der Waals surface area contributed by atoms with E-state index in [0.717, 1.165) is 30.4 Å². The number of hydrogen-bond acceptors (Lipinski definition) is 5. The summed E-state index contributed by atoms with van der Waals surface area (Å²) >= 11 is 6.01. The van der Waals surface area contributed by atoms with Crippen LogP contribution in [0.5, 0.6) is 0 Å². The Hall–Kier alpha value is -3.36. The van der Waals surface area contributed by atoms with E-state index in [0.29, 0.717) is 34.8 Å². The van der Waals surface area contributed by atoms with Gasteiger partial charge in [-0.05, 0) is 61.6 Å². The molecule has 198 valence electrons. The number of nitrogens with two attached hydrogens (primary N) is 1. The first kappa shape index (κ1) is 29.9. The third-order valence-electron chi connectivity index (χ3n) is 5.67. The number of halogens is 1. The molecule has 3 rings (SSSR count). The molecule has 0 aromatic heterocycles. The van der Waals surface area contributed by atoms with Crippen LogP contribution in [0.4, 0.5) is 16.2 Å². The maximum atomic E-state index is 12.0. The average Bonchev–Trinajstić information content (AvgIpc) is 3.33. The Labute approximate surface area is 224 Å². The number of carbonyl (C=O) groups excluding carboxylic acids is 2. The van der Waals surface area contributed by atoms with Crippen molar-refractivity contribution < 1.29 is 18.0 Å². The molecule has 37 heavy (non-hydrogen) atoms. The Bertz CT molecular complexity index is 1290. The monoisotopic (exact) mass is 543 g/mol. The molecule has 0 aliphatic carbocycles.